The molecule has 0 aromatic carbocycles. The molecule has 0 fully saturated rings. The highest BCUT2D eigenvalue weighted by atomic mass is 32.2. The fourth-order valence-corrected chi connectivity index (χ4v) is 4.67. The van der Waals surface area contributed by atoms with E-state index >= 15 is 0 Å². The van der Waals surface area contributed by atoms with Gasteiger partial charge in [0.2, 0.25) is 0 Å². The lowest BCUT2D eigenvalue weighted by atomic mass is 10.0. The zero-order valence-corrected chi connectivity index (χ0v) is 23.7. The van der Waals surface area contributed by atoms with Crippen molar-refractivity contribution in [1.29, 1.82) is 0 Å². The van der Waals surface area contributed by atoms with E-state index in [1.54, 1.807) is 0 Å². The lowest BCUT2D eigenvalue weighted by Gasteiger charge is -2.14. The smallest absolute Gasteiger partial charge is 0.386 e. The normalized spacial score (nSPS) is 11.3. The Morgan fingerprint density at radius 3 is 1.31 bits per heavy atom. The van der Waals surface area contributed by atoms with Gasteiger partial charge in [0, 0.05) is 19.8 Å². The molecule has 0 N–H and O–H groups in total. The summed E-state index contributed by atoms with van der Waals surface area (Å²) in [4.78, 5) is 0. The molecule has 0 radical (unpaired) electrons. The van der Waals surface area contributed by atoms with Crippen LogP contribution in [0.2, 0.25) is 0 Å². The number of unbranched alkanes of at least 4 members (excludes halogenated alkanes) is 13. The fraction of sp³-hybridized carbons (Fsp3) is 1.00. The maximum absolute atomic E-state index is 5.76. The van der Waals surface area contributed by atoms with Crippen LogP contribution in [0.5, 0.6) is 0 Å². The molecule has 0 aliphatic rings. The molecule has 0 saturated heterocycles. The van der Waals surface area contributed by atoms with Crippen LogP contribution in [-0.4, -0.2) is 50.2 Å². The van der Waals surface area contributed by atoms with Gasteiger partial charge >= 0.3 is 7.32 Å². The van der Waals surface area contributed by atoms with Gasteiger partial charge < -0.3 is 14.0 Å². The number of thiol groups is 2. The molecule has 7 heteroatoms. The van der Waals surface area contributed by atoms with E-state index in [2.05, 4.69) is 43.9 Å². The molecule has 192 valence electrons. The van der Waals surface area contributed by atoms with E-state index in [4.69, 9.17) is 14.0 Å². The van der Waals surface area contributed by atoms with Gasteiger partial charge in [-0.3, -0.25) is 0 Å². The molecular formula is C25H53BO3S3. The van der Waals surface area contributed by atoms with Crippen LogP contribution < -0.4 is 0 Å². The fourth-order valence-electron chi connectivity index (χ4n) is 3.47. The van der Waals surface area contributed by atoms with Crippen LogP contribution in [0.25, 0.3) is 0 Å². The molecule has 0 amide bonds. The molecule has 0 heterocycles. The first-order valence-corrected chi connectivity index (χ1v) is 15.9. The highest BCUT2D eigenvalue weighted by Gasteiger charge is 2.20. The number of hydrogen-bond donors (Lipinski definition) is 2. The Balaban J connectivity index is 3.31. The van der Waals surface area contributed by atoms with E-state index in [0.29, 0.717) is 19.8 Å². The van der Waals surface area contributed by atoms with Gasteiger partial charge in [-0.05, 0) is 48.7 Å². The Labute approximate surface area is 216 Å². The van der Waals surface area contributed by atoms with Gasteiger partial charge in [0.1, 0.15) is 0 Å². The maximum Gasteiger partial charge on any atom is 0.639 e. The molecule has 0 aliphatic carbocycles. The van der Waals surface area contributed by atoms with Crippen LogP contribution in [0.1, 0.15) is 116 Å². The van der Waals surface area contributed by atoms with Crippen LogP contribution >= 0.6 is 37.0 Å². The van der Waals surface area contributed by atoms with Gasteiger partial charge in [-0.1, -0.05) is 90.4 Å². The van der Waals surface area contributed by atoms with E-state index in [1.165, 1.54) is 95.6 Å². The zero-order valence-electron chi connectivity index (χ0n) is 21.1. The molecule has 0 atom stereocenters. The molecule has 0 spiro atoms. The summed E-state index contributed by atoms with van der Waals surface area (Å²) in [5.41, 5.74) is 0. The monoisotopic (exact) mass is 508 g/mol. The minimum absolute atomic E-state index is 0.537. The predicted octanol–water partition coefficient (Wildman–Crippen LogP) is 8.27. The second kappa shape index (κ2) is 30.0. The lowest BCUT2D eigenvalue weighted by molar-refractivity contribution is 0.0941. The summed E-state index contributed by atoms with van der Waals surface area (Å²) >= 11 is 10.5. The second-order valence-corrected chi connectivity index (χ2v) is 10.7. The highest BCUT2D eigenvalue weighted by molar-refractivity contribution is 7.99. The van der Waals surface area contributed by atoms with Crippen molar-refractivity contribution >= 4 is 44.3 Å². The van der Waals surface area contributed by atoms with Crippen LogP contribution in [0.4, 0.5) is 0 Å². The quantitative estimate of drug-likeness (QED) is 0.0632. The SMILES string of the molecule is CCCCCCCCCCCCCCCCSCCCOB(OCCCS)OCCCS. The Morgan fingerprint density at radius 2 is 0.875 bits per heavy atom. The summed E-state index contributed by atoms with van der Waals surface area (Å²) in [6.07, 6.45) is 22.8. The van der Waals surface area contributed by atoms with Crippen molar-refractivity contribution in [1.82, 2.24) is 0 Å². The molecule has 0 unspecified atom stereocenters. The van der Waals surface area contributed by atoms with Crippen LogP contribution in [0, 0.1) is 0 Å². The maximum atomic E-state index is 5.76. The van der Waals surface area contributed by atoms with Crippen molar-refractivity contribution in [2.24, 2.45) is 0 Å². The molecule has 0 bridgehead atoms. The van der Waals surface area contributed by atoms with Crippen molar-refractivity contribution in [2.45, 2.75) is 116 Å². The number of thioether (sulfide) groups is 1. The predicted molar refractivity (Wildman–Crippen MR) is 153 cm³/mol. The Kier molecular flexibility index (Phi) is 31.0. The van der Waals surface area contributed by atoms with Crippen molar-refractivity contribution < 1.29 is 14.0 Å². The minimum Gasteiger partial charge on any atom is -0.386 e. The summed E-state index contributed by atoms with van der Waals surface area (Å²) in [5, 5.41) is 0. The molecular weight excluding hydrogens is 455 g/mol. The zero-order chi connectivity index (χ0) is 23.4. The van der Waals surface area contributed by atoms with Crippen LogP contribution in [0.15, 0.2) is 0 Å². The van der Waals surface area contributed by atoms with Gasteiger partial charge in [0.15, 0.2) is 0 Å². The van der Waals surface area contributed by atoms with Crippen molar-refractivity contribution in [3.05, 3.63) is 0 Å². The average molecular weight is 509 g/mol. The van der Waals surface area contributed by atoms with Crippen LogP contribution in [0.3, 0.4) is 0 Å². The average Bonchev–Trinajstić information content (AvgIpc) is 2.80. The summed E-state index contributed by atoms with van der Waals surface area (Å²) < 4.78 is 17.0. The summed E-state index contributed by atoms with van der Waals surface area (Å²) in [5.74, 6) is 4.06. The molecule has 0 rings (SSSR count). The van der Waals surface area contributed by atoms with E-state index in [-0.39, 0.29) is 0 Å². The van der Waals surface area contributed by atoms with Gasteiger partial charge in [-0.25, -0.2) is 0 Å². The molecule has 0 aromatic rings. The lowest BCUT2D eigenvalue weighted by Crippen LogP contribution is -2.29. The summed E-state index contributed by atoms with van der Waals surface area (Å²) in [6.45, 7) is 4.24. The molecule has 3 nitrogen and oxygen atoms in total. The Hall–Kier alpha value is 0.995. The first-order valence-electron chi connectivity index (χ1n) is 13.5. The Bertz CT molecular complexity index is 332. The molecule has 0 aliphatic heterocycles. The molecule has 0 saturated carbocycles. The van der Waals surface area contributed by atoms with Crippen molar-refractivity contribution in [2.75, 3.05) is 42.8 Å². The third-order valence-electron chi connectivity index (χ3n) is 5.44. The standard InChI is InChI=1S/C25H53BO3S3/c1-2-3-4-5-6-7-8-9-10-11-12-13-14-15-24-32-25-18-21-29-26(27-19-16-22-30)28-20-17-23-31/h30-31H,2-25H2,1H3. The van der Waals surface area contributed by atoms with Crippen molar-refractivity contribution in [3.8, 4) is 0 Å². The topological polar surface area (TPSA) is 27.7 Å². The van der Waals surface area contributed by atoms with Gasteiger partial charge in [-0.15, -0.1) is 0 Å². The number of rotatable bonds is 28. The van der Waals surface area contributed by atoms with E-state index in [0.717, 1.165) is 36.5 Å². The highest BCUT2D eigenvalue weighted by Crippen LogP contribution is 2.14. The molecule has 32 heavy (non-hydrogen) atoms. The Morgan fingerprint density at radius 1 is 0.500 bits per heavy atom. The van der Waals surface area contributed by atoms with Gasteiger partial charge in [0.25, 0.3) is 0 Å². The largest absolute Gasteiger partial charge is 0.639 e. The minimum atomic E-state index is -0.537. The third-order valence-corrected chi connectivity index (χ3v) is 7.23. The molecule has 0 aromatic heterocycles. The van der Waals surface area contributed by atoms with E-state index in [1.807, 2.05) is 0 Å². The second-order valence-electron chi connectivity index (χ2n) is 8.62. The third kappa shape index (κ3) is 27.2. The van der Waals surface area contributed by atoms with E-state index < -0.39 is 7.32 Å². The van der Waals surface area contributed by atoms with Crippen LogP contribution in [-0.2, 0) is 14.0 Å². The van der Waals surface area contributed by atoms with E-state index in [9.17, 15) is 0 Å². The van der Waals surface area contributed by atoms with Gasteiger partial charge in [0.05, 0.1) is 0 Å². The van der Waals surface area contributed by atoms with Gasteiger partial charge in [-0.2, -0.15) is 37.0 Å². The first kappa shape index (κ1) is 33.0. The summed E-state index contributed by atoms with van der Waals surface area (Å²) in [7, 11) is -0.537. The summed E-state index contributed by atoms with van der Waals surface area (Å²) in [6, 6.07) is 0. The first-order chi connectivity index (χ1) is 15.8. The van der Waals surface area contributed by atoms with Crippen molar-refractivity contribution in [3.63, 3.8) is 0 Å². The number of hydrogen-bond acceptors (Lipinski definition) is 6.